The van der Waals surface area contributed by atoms with E-state index in [1.165, 1.54) is 6.20 Å². The van der Waals surface area contributed by atoms with Crippen molar-refractivity contribution in [2.75, 3.05) is 0 Å². The van der Waals surface area contributed by atoms with Crippen LogP contribution in [0.25, 0.3) is 10.9 Å². The van der Waals surface area contributed by atoms with Gasteiger partial charge in [0.15, 0.2) is 0 Å². The molecule has 0 aliphatic carbocycles. The molecule has 0 spiro atoms. The van der Waals surface area contributed by atoms with Crippen LogP contribution in [0.3, 0.4) is 0 Å². The van der Waals surface area contributed by atoms with Crippen molar-refractivity contribution in [1.29, 1.82) is 5.26 Å². The Bertz CT molecular complexity index is 512. The van der Waals surface area contributed by atoms with Crippen LogP contribution in [0.4, 0.5) is 0 Å². The maximum Gasteiger partial charge on any atom is 0.139 e. The summed E-state index contributed by atoms with van der Waals surface area (Å²) in [5.74, 6) is 0. The average molecular weight is 256 g/mol. The van der Waals surface area contributed by atoms with Gasteiger partial charge in [0.2, 0.25) is 0 Å². The fraction of sp³-hybridized carbons (Fsp3) is 0. The Hall–Kier alpha value is -1.05. The van der Waals surface area contributed by atoms with E-state index in [0.29, 0.717) is 10.7 Å². The monoisotopic (exact) mass is 255 g/mol. The molecule has 3 nitrogen and oxygen atoms in total. The van der Waals surface area contributed by atoms with Crippen LogP contribution >= 0.6 is 27.5 Å². The molecule has 0 radical (unpaired) electrons. The highest BCUT2D eigenvalue weighted by atomic mass is 79.9. The summed E-state index contributed by atoms with van der Waals surface area (Å²) in [5, 5.41) is 9.91. The van der Waals surface area contributed by atoms with Crippen LogP contribution in [0.5, 0.6) is 0 Å². The van der Waals surface area contributed by atoms with Crippen LogP contribution in [-0.2, 0) is 0 Å². The van der Waals surface area contributed by atoms with Crippen molar-refractivity contribution in [3.05, 3.63) is 27.6 Å². The van der Waals surface area contributed by atoms with Gasteiger partial charge < -0.3 is 4.98 Å². The number of H-pyrrole nitrogens is 1. The summed E-state index contributed by atoms with van der Waals surface area (Å²) < 4.78 is 0.817. The Morgan fingerprint density at radius 2 is 2.38 bits per heavy atom. The summed E-state index contributed by atoms with van der Waals surface area (Å²) in [4.78, 5) is 6.86. The second kappa shape index (κ2) is 3.02. The van der Waals surface area contributed by atoms with Crippen molar-refractivity contribution in [1.82, 2.24) is 9.97 Å². The van der Waals surface area contributed by atoms with Crippen molar-refractivity contribution in [3.63, 3.8) is 0 Å². The van der Waals surface area contributed by atoms with Crippen LogP contribution in [0, 0.1) is 11.3 Å². The number of hydrogen-bond donors (Lipinski definition) is 1. The van der Waals surface area contributed by atoms with Crippen molar-refractivity contribution >= 4 is 38.4 Å². The number of nitriles is 1. The standard InChI is InChI=1S/C8H3BrClN3/c9-5-3-12-7-4(1-11)2-13-8(10)6(5)7/h2-3,12H. The Morgan fingerprint density at radius 3 is 3.08 bits per heavy atom. The molecule has 0 unspecified atom stereocenters. The first-order valence-corrected chi connectivity index (χ1v) is 4.62. The van der Waals surface area contributed by atoms with Gasteiger partial charge in [-0.3, -0.25) is 0 Å². The van der Waals surface area contributed by atoms with Gasteiger partial charge in [0.1, 0.15) is 11.2 Å². The predicted octanol–water partition coefficient (Wildman–Crippen LogP) is 2.85. The third-order valence-electron chi connectivity index (χ3n) is 1.74. The van der Waals surface area contributed by atoms with Crippen molar-refractivity contribution < 1.29 is 0 Å². The molecular formula is C8H3BrClN3. The van der Waals surface area contributed by atoms with E-state index in [2.05, 4.69) is 25.9 Å². The molecule has 0 aliphatic rings. The van der Waals surface area contributed by atoms with E-state index in [1.807, 2.05) is 6.07 Å². The molecule has 0 aliphatic heterocycles. The second-order valence-electron chi connectivity index (χ2n) is 2.46. The van der Waals surface area contributed by atoms with Gasteiger partial charge in [-0.05, 0) is 15.9 Å². The lowest BCUT2D eigenvalue weighted by Crippen LogP contribution is -1.82. The number of pyridine rings is 1. The van der Waals surface area contributed by atoms with E-state index in [-0.39, 0.29) is 0 Å². The Morgan fingerprint density at radius 1 is 1.62 bits per heavy atom. The van der Waals surface area contributed by atoms with Gasteiger partial charge in [0, 0.05) is 16.9 Å². The molecular weight excluding hydrogens is 253 g/mol. The van der Waals surface area contributed by atoms with Gasteiger partial charge in [-0.1, -0.05) is 11.6 Å². The lowest BCUT2D eigenvalue weighted by Gasteiger charge is -1.95. The van der Waals surface area contributed by atoms with Crippen LogP contribution in [0.1, 0.15) is 5.56 Å². The first-order valence-electron chi connectivity index (χ1n) is 3.45. The first kappa shape index (κ1) is 8.54. The Labute approximate surface area is 87.5 Å². The molecule has 2 aromatic rings. The van der Waals surface area contributed by atoms with Crippen molar-refractivity contribution in [2.45, 2.75) is 0 Å². The lowest BCUT2D eigenvalue weighted by molar-refractivity contribution is 1.33. The number of aromatic amines is 1. The van der Waals surface area contributed by atoms with Crippen LogP contribution in [0.2, 0.25) is 5.15 Å². The van der Waals surface area contributed by atoms with Gasteiger partial charge in [0.25, 0.3) is 0 Å². The number of nitrogens with zero attached hydrogens (tertiary/aromatic N) is 2. The molecule has 0 bridgehead atoms. The van der Waals surface area contributed by atoms with Gasteiger partial charge in [0.05, 0.1) is 16.5 Å². The van der Waals surface area contributed by atoms with Crippen molar-refractivity contribution in [2.24, 2.45) is 0 Å². The third kappa shape index (κ3) is 1.21. The molecule has 13 heavy (non-hydrogen) atoms. The topological polar surface area (TPSA) is 52.5 Å². The second-order valence-corrected chi connectivity index (χ2v) is 3.67. The number of hydrogen-bond acceptors (Lipinski definition) is 2. The molecule has 0 atom stereocenters. The minimum atomic E-state index is 0.391. The zero-order valence-electron chi connectivity index (χ0n) is 6.31. The van der Waals surface area contributed by atoms with Gasteiger partial charge >= 0.3 is 0 Å². The highest BCUT2D eigenvalue weighted by Crippen LogP contribution is 2.30. The molecule has 2 rings (SSSR count). The van der Waals surface area contributed by atoms with E-state index in [4.69, 9.17) is 16.9 Å². The van der Waals surface area contributed by atoms with E-state index in [0.717, 1.165) is 15.4 Å². The quantitative estimate of drug-likeness (QED) is 0.737. The van der Waals surface area contributed by atoms with E-state index < -0.39 is 0 Å². The maximum atomic E-state index is 8.77. The number of halogens is 2. The van der Waals surface area contributed by atoms with E-state index in [9.17, 15) is 0 Å². The largest absolute Gasteiger partial charge is 0.359 e. The Kier molecular flexibility index (Phi) is 1.98. The normalized spacial score (nSPS) is 10.2. The number of rotatable bonds is 0. The minimum Gasteiger partial charge on any atom is -0.359 e. The molecule has 0 amide bonds. The molecule has 5 heteroatoms. The summed E-state index contributed by atoms with van der Waals surface area (Å²) in [7, 11) is 0. The van der Waals surface area contributed by atoms with E-state index >= 15 is 0 Å². The summed E-state index contributed by atoms with van der Waals surface area (Å²) >= 11 is 9.18. The van der Waals surface area contributed by atoms with Crippen LogP contribution in [0.15, 0.2) is 16.9 Å². The van der Waals surface area contributed by atoms with Crippen LogP contribution < -0.4 is 0 Å². The summed E-state index contributed by atoms with van der Waals surface area (Å²) in [6.45, 7) is 0. The third-order valence-corrected chi connectivity index (χ3v) is 2.65. The predicted molar refractivity (Wildman–Crippen MR) is 53.5 cm³/mol. The van der Waals surface area contributed by atoms with Gasteiger partial charge in [-0.25, -0.2) is 4.98 Å². The highest BCUT2D eigenvalue weighted by Gasteiger charge is 2.10. The summed E-state index contributed by atoms with van der Waals surface area (Å²) in [5.41, 5.74) is 1.21. The smallest absolute Gasteiger partial charge is 0.139 e. The fourth-order valence-corrected chi connectivity index (χ4v) is 2.01. The zero-order chi connectivity index (χ0) is 9.42. The number of aromatic nitrogens is 2. The molecule has 1 N–H and O–H groups in total. The average Bonchev–Trinajstić information content (AvgIpc) is 2.50. The Balaban J connectivity index is 2.97. The first-order chi connectivity index (χ1) is 6.24. The molecule has 0 saturated heterocycles. The summed E-state index contributed by atoms with van der Waals surface area (Å²) in [6, 6.07) is 2.04. The van der Waals surface area contributed by atoms with Crippen LogP contribution in [-0.4, -0.2) is 9.97 Å². The molecule has 2 heterocycles. The molecule has 2 aromatic heterocycles. The van der Waals surface area contributed by atoms with Gasteiger partial charge in [-0.2, -0.15) is 5.26 Å². The van der Waals surface area contributed by atoms with E-state index in [1.54, 1.807) is 6.20 Å². The number of fused-ring (bicyclic) bond motifs is 1. The number of nitrogens with one attached hydrogen (secondary N) is 1. The lowest BCUT2D eigenvalue weighted by atomic mass is 10.2. The van der Waals surface area contributed by atoms with Gasteiger partial charge in [-0.15, -0.1) is 0 Å². The minimum absolute atomic E-state index is 0.391. The zero-order valence-corrected chi connectivity index (χ0v) is 8.65. The molecule has 0 saturated carbocycles. The molecule has 64 valence electrons. The molecule has 0 aromatic carbocycles. The maximum absolute atomic E-state index is 8.77. The summed E-state index contributed by atoms with van der Waals surface area (Å²) in [6.07, 6.45) is 3.19. The van der Waals surface area contributed by atoms with Crippen molar-refractivity contribution in [3.8, 4) is 6.07 Å². The SMILES string of the molecule is N#Cc1cnc(Cl)c2c(Br)c[nH]c12. The highest BCUT2D eigenvalue weighted by molar-refractivity contribution is 9.10. The molecule has 0 fully saturated rings. The fourth-order valence-electron chi connectivity index (χ4n) is 1.15.